The van der Waals surface area contributed by atoms with E-state index in [1.807, 2.05) is 5.38 Å². The van der Waals surface area contributed by atoms with Crippen molar-refractivity contribution in [2.75, 3.05) is 18.5 Å². The van der Waals surface area contributed by atoms with Gasteiger partial charge in [-0.05, 0) is 32.7 Å². The highest BCUT2D eigenvalue weighted by atomic mass is 32.1. The van der Waals surface area contributed by atoms with Crippen molar-refractivity contribution < 1.29 is 9.53 Å². The van der Waals surface area contributed by atoms with Crippen LogP contribution in [0.5, 0.6) is 0 Å². The van der Waals surface area contributed by atoms with Gasteiger partial charge in [-0.15, -0.1) is 11.3 Å². The zero-order chi connectivity index (χ0) is 13.7. The van der Waals surface area contributed by atoms with Crippen molar-refractivity contribution in [3.05, 3.63) is 11.1 Å². The lowest BCUT2D eigenvalue weighted by atomic mass is 10.1. The quantitative estimate of drug-likeness (QED) is 0.870. The smallest absolute Gasteiger partial charge is 0.255 e. The third kappa shape index (κ3) is 3.99. The molecule has 106 valence electrons. The maximum absolute atomic E-state index is 12.0. The Balaban J connectivity index is 1.90. The highest BCUT2D eigenvalue weighted by molar-refractivity contribution is 7.13. The summed E-state index contributed by atoms with van der Waals surface area (Å²) < 4.78 is 5.46. The summed E-state index contributed by atoms with van der Waals surface area (Å²) in [6.07, 6.45) is 2.59. The van der Waals surface area contributed by atoms with Crippen molar-refractivity contribution in [1.29, 1.82) is 0 Å². The number of carbonyl (C=O) groups is 1. The minimum absolute atomic E-state index is 0.0725. The van der Waals surface area contributed by atoms with Crippen molar-refractivity contribution in [2.24, 2.45) is 0 Å². The number of nitrogens with zero attached hydrogens (tertiary/aromatic N) is 1. The van der Waals surface area contributed by atoms with Crippen LogP contribution in [0, 0.1) is 0 Å². The summed E-state index contributed by atoms with van der Waals surface area (Å²) in [5.74, 6) is -0.0725. The van der Waals surface area contributed by atoms with E-state index in [1.165, 1.54) is 11.3 Å². The molecule has 1 aromatic rings. The standard InChI is InChI=1S/C13H21N3O2S/c1-3-14-9(2)10-8-19-13(15-10)16-12(17)11-6-4-5-7-18-11/h8-9,11,14H,3-7H2,1-2H3,(H,15,16,17). The Morgan fingerprint density at radius 2 is 2.47 bits per heavy atom. The first-order chi connectivity index (χ1) is 9.20. The van der Waals surface area contributed by atoms with Gasteiger partial charge in [-0.1, -0.05) is 6.92 Å². The molecule has 6 heteroatoms. The van der Waals surface area contributed by atoms with Crippen molar-refractivity contribution in [2.45, 2.75) is 45.3 Å². The second-order valence-electron chi connectivity index (χ2n) is 4.70. The second kappa shape index (κ2) is 6.98. The second-order valence-corrected chi connectivity index (χ2v) is 5.56. The predicted molar refractivity (Wildman–Crippen MR) is 76.4 cm³/mol. The summed E-state index contributed by atoms with van der Waals surface area (Å²) in [5.41, 5.74) is 0.965. The number of nitrogens with one attached hydrogen (secondary N) is 2. The molecule has 2 heterocycles. The van der Waals surface area contributed by atoms with Gasteiger partial charge in [0.15, 0.2) is 5.13 Å². The molecule has 0 saturated carbocycles. The highest BCUT2D eigenvalue weighted by Gasteiger charge is 2.22. The molecule has 1 aliphatic heterocycles. The molecule has 1 amide bonds. The van der Waals surface area contributed by atoms with Gasteiger partial charge < -0.3 is 10.1 Å². The van der Waals surface area contributed by atoms with Crippen LogP contribution >= 0.6 is 11.3 Å². The molecule has 0 bridgehead atoms. The van der Waals surface area contributed by atoms with Crippen molar-refractivity contribution in [3.63, 3.8) is 0 Å². The van der Waals surface area contributed by atoms with E-state index in [0.717, 1.165) is 31.5 Å². The number of carbonyl (C=O) groups excluding carboxylic acids is 1. The van der Waals surface area contributed by atoms with Crippen molar-refractivity contribution in [1.82, 2.24) is 10.3 Å². The maximum atomic E-state index is 12.0. The summed E-state index contributed by atoms with van der Waals surface area (Å²) in [5, 5.41) is 8.77. The average Bonchev–Trinajstić information content (AvgIpc) is 2.88. The van der Waals surface area contributed by atoms with E-state index in [-0.39, 0.29) is 18.1 Å². The van der Waals surface area contributed by atoms with E-state index in [0.29, 0.717) is 11.7 Å². The first-order valence-corrected chi connectivity index (χ1v) is 7.70. The van der Waals surface area contributed by atoms with E-state index >= 15 is 0 Å². The van der Waals surface area contributed by atoms with Crippen LogP contribution in [0.3, 0.4) is 0 Å². The van der Waals surface area contributed by atoms with E-state index in [9.17, 15) is 4.79 Å². The topological polar surface area (TPSA) is 63.2 Å². The lowest BCUT2D eigenvalue weighted by Crippen LogP contribution is -2.33. The molecule has 19 heavy (non-hydrogen) atoms. The molecule has 0 aliphatic carbocycles. The summed E-state index contributed by atoms with van der Waals surface area (Å²) in [4.78, 5) is 16.4. The normalized spacial score (nSPS) is 21.1. The third-order valence-corrected chi connectivity index (χ3v) is 3.95. The van der Waals surface area contributed by atoms with Gasteiger partial charge in [-0.3, -0.25) is 10.1 Å². The molecule has 1 fully saturated rings. The zero-order valence-corrected chi connectivity index (χ0v) is 12.3. The zero-order valence-electron chi connectivity index (χ0n) is 11.4. The van der Waals surface area contributed by atoms with Crippen molar-refractivity contribution in [3.8, 4) is 0 Å². The number of hydrogen-bond acceptors (Lipinski definition) is 5. The molecule has 2 N–H and O–H groups in total. The number of aromatic nitrogens is 1. The van der Waals surface area contributed by atoms with Gasteiger partial charge >= 0.3 is 0 Å². The summed E-state index contributed by atoms with van der Waals surface area (Å²) >= 11 is 1.46. The fourth-order valence-corrected chi connectivity index (χ4v) is 2.89. The van der Waals surface area contributed by atoms with Crippen LogP contribution in [0.15, 0.2) is 5.38 Å². The number of rotatable bonds is 5. The number of ether oxygens (including phenoxy) is 1. The molecule has 2 atom stereocenters. The third-order valence-electron chi connectivity index (χ3n) is 3.18. The van der Waals surface area contributed by atoms with E-state index < -0.39 is 0 Å². The van der Waals surface area contributed by atoms with Crippen LogP contribution in [-0.2, 0) is 9.53 Å². The first kappa shape index (κ1) is 14.4. The largest absolute Gasteiger partial charge is 0.368 e. The van der Waals surface area contributed by atoms with Crippen molar-refractivity contribution >= 4 is 22.4 Å². The lowest BCUT2D eigenvalue weighted by Gasteiger charge is -2.20. The van der Waals surface area contributed by atoms with Gasteiger partial charge in [0, 0.05) is 18.0 Å². The Kier molecular flexibility index (Phi) is 5.30. The van der Waals surface area contributed by atoms with Crippen LogP contribution in [-0.4, -0.2) is 30.1 Å². The Bertz CT molecular complexity index is 416. The molecule has 1 aromatic heterocycles. The fraction of sp³-hybridized carbons (Fsp3) is 0.692. The minimum atomic E-state index is -0.313. The molecule has 1 saturated heterocycles. The minimum Gasteiger partial charge on any atom is -0.368 e. The first-order valence-electron chi connectivity index (χ1n) is 6.82. The highest BCUT2D eigenvalue weighted by Crippen LogP contribution is 2.22. The Morgan fingerprint density at radius 1 is 1.63 bits per heavy atom. The number of thiazole rings is 1. The molecule has 0 spiro atoms. The summed E-state index contributed by atoms with van der Waals surface area (Å²) in [6, 6.07) is 0.206. The molecule has 0 aromatic carbocycles. The number of hydrogen-bond donors (Lipinski definition) is 2. The van der Waals surface area contributed by atoms with Crippen LogP contribution in [0.1, 0.15) is 44.8 Å². The fourth-order valence-electron chi connectivity index (χ4n) is 2.09. The van der Waals surface area contributed by atoms with Crippen LogP contribution in [0.4, 0.5) is 5.13 Å². The molecule has 1 aliphatic rings. The Labute approximate surface area is 117 Å². The van der Waals surface area contributed by atoms with E-state index in [2.05, 4.69) is 29.5 Å². The Hall–Kier alpha value is -0.980. The summed E-state index contributed by atoms with van der Waals surface area (Å²) in [7, 11) is 0. The van der Waals surface area contributed by atoms with Crippen LogP contribution in [0.25, 0.3) is 0 Å². The van der Waals surface area contributed by atoms with Gasteiger partial charge in [-0.25, -0.2) is 4.98 Å². The van der Waals surface area contributed by atoms with Gasteiger partial charge in [0.2, 0.25) is 0 Å². The molecular weight excluding hydrogens is 262 g/mol. The monoisotopic (exact) mass is 283 g/mol. The molecule has 0 radical (unpaired) electrons. The lowest BCUT2D eigenvalue weighted by molar-refractivity contribution is -0.129. The Morgan fingerprint density at radius 3 is 3.16 bits per heavy atom. The number of anilines is 1. The van der Waals surface area contributed by atoms with Gasteiger partial charge in [0.05, 0.1) is 5.69 Å². The molecule has 2 unspecified atom stereocenters. The van der Waals surface area contributed by atoms with Crippen LogP contribution < -0.4 is 10.6 Å². The predicted octanol–water partition coefficient (Wildman–Crippen LogP) is 2.32. The molecular formula is C13H21N3O2S. The SMILES string of the molecule is CCNC(C)c1csc(NC(=O)C2CCCCO2)n1. The molecule has 5 nitrogen and oxygen atoms in total. The molecule has 2 rings (SSSR count). The average molecular weight is 283 g/mol. The van der Waals surface area contributed by atoms with Crippen LogP contribution in [0.2, 0.25) is 0 Å². The summed E-state index contributed by atoms with van der Waals surface area (Å²) in [6.45, 7) is 5.70. The van der Waals surface area contributed by atoms with Gasteiger partial charge in [-0.2, -0.15) is 0 Å². The van der Waals surface area contributed by atoms with Gasteiger partial charge in [0.1, 0.15) is 6.10 Å². The van der Waals surface area contributed by atoms with Gasteiger partial charge in [0.25, 0.3) is 5.91 Å². The van der Waals surface area contributed by atoms with E-state index in [1.54, 1.807) is 0 Å². The van der Waals surface area contributed by atoms with E-state index in [4.69, 9.17) is 4.74 Å². The maximum Gasteiger partial charge on any atom is 0.255 e. The number of amides is 1.